The maximum absolute atomic E-state index is 11.9. The summed E-state index contributed by atoms with van der Waals surface area (Å²) in [6.07, 6.45) is 1.14. The lowest BCUT2D eigenvalue weighted by atomic mass is 10.2. The molecule has 0 aliphatic heterocycles. The van der Waals surface area contributed by atoms with Crippen LogP contribution < -0.4 is 10.5 Å². The van der Waals surface area contributed by atoms with Gasteiger partial charge in [-0.1, -0.05) is 17.3 Å². The van der Waals surface area contributed by atoms with Crippen LogP contribution in [0.2, 0.25) is 0 Å². The Bertz CT molecular complexity index is 593. The minimum Gasteiger partial charge on any atom is -0.343 e. The first-order valence-electron chi connectivity index (χ1n) is 5.16. The van der Waals surface area contributed by atoms with Crippen LogP contribution >= 0.6 is 0 Å². The van der Waals surface area contributed by atoms with Crippen molar-refractivity contribution in [3.05, 3.63) is 42.0 Å². The van der Waals surface area contributed by atoms with E-state index in [1.807, 2.05) is 0 Å². The molecule has 0 unspecified atom stereocenters. The third-order valence-corrected chi connectivity index (χ3v) is 3.71. The van der Waals surface area contributed by atoms with E-state index in [9.17, 15) is 8.42 Å². The summed E-state index contributed by atoms with van der Waals surface area (Å²) >= 11 is 0. The van der Waals surface area contributed by atoms with Crippen molar-refractivity contribution in [2.24, 2.45) is 5.73 Å². The fourth-order valence-electron chi connectivity index (χ4n) is 1.32. The highest BCUT2D eigenvalue weighted by Gasteiger charge is 2.14. The molecule has 1 heterocycles. The second-order valence-electron chi connectivity index (χ2n) is 3.52. The predicted octanol–water partition coefficient (Wildman–Crippen LogP) is 0.00680. The highest BCUT2D eigenvalue weighted by Crippen LogP contribution is 2.10. The molecule has 3 N–H and O–H groups in total. The molecule has 8 heteroatoms. The average Bonchev–Trinajstić information content (AvgIpc) is 2.90. The van der Waals surface area contributed by atoms with Gasteiger partial charge in [-0.05, 0) is 17.7 Å². The van der Waals surface area contributed by atoms with Crippen LogP contribution in [-0.4, -0.2) is 18.6 Å². The third-order valence-electron chi connectivity index (χ3n) is 2.30. The number of hydrogen-bond donors (Lipinski definition) is 2. The molecular weight excluding hydrogens is 256 g/mol. The number of nitrogens with one attached hydrogen (secondary N) is 1. The number of nitrogens with two attached hydrogens (primary N) is 1. The minimum absolute atomic E-state index is 0.0164. The zero-order valence-electron chi connectivity index (χ0n) is 9.41. The summed E-state index contributed by atoms with van der Waals surface area (Å²) in [6.45, 7) is 0.355. The maximum atomic E-state index is 11.9. The summed E-state index contributed by atoms with van der Waals surface area (Å²) < 4.78 is 30.7. The van der Waals surface area contributed by atoms with Crippen LogP contribution in [0.25, 0.3) is 0 Å². The van der Waals surface area contributed by atoms with Crippen molar-refractivity contribution in [3.8, 4) is 0 Å². The lowest BCUT2D eigenvalue weighted by molar-refractivity contribution is 0.409. The van der Waals surface area contributed by atoms with E-state index in [-0.39, 0.29) is 17.3 Å². The second kappa shape index (κ2) is 5.25. The fraction of sp³-hybridized carbons (Fsp3) is 0.200. The molecule has 0 saturated heterocycles. The van der Waals surface area contributed by atoms with E-state index in [0.717, 1.165) is 12.0 Å². The smallest absolute Gasteiger partial charge is 0.240 e. The molecule has 96 valence electrons. The first kappa shape index (κ1) is 12.7. The first-order valence-corrected chi connectivity index (χ1v) is 6.64. The van der Waals surface area contributed by atoms with Crippen LogP contribution in [0.15, 0.2) is 40.1 Å². The second-order valence-corrected chi connectivity index (χ2v) is 5.29. The molecular formula is C10H12N4O3S. The molecule has 2 aromatic rings. The largest absolute Gasteiger partial charge is 0.343 e. The van der Waals surface area contributed by atoms with Gasteiger partial charge >= 0.3 is 0 Å². The SMILES string of the molecule is NCc1ccc(S(=O)(=O)NCc2ncon2)cc1. The molecule has 0 aliphatic rings. The molecule has 18 heavy (non-hydrogen) atoms. The third kappa shape index (κ3) is 2.92. The standard InChI is InChI=1S/C10H12N4O3S/c11-5-8-1-3-9(4-2-8)18(15,16)13-6-10-12-7-17-14-10/h1-4,7,13H,5-6,11H2. The van der Waals surface area contributed by atoms with E-state index in [4.69, 9.17) is 5.73 Å². The van der Waals surface area contributed by atoms with Gasteiger partial charge in [0.15, 0.2) is 5.82 Å². The van der Waals surface area contributed by atoms with Gasteiger partial charge in [0, 0.05) is 6.54 Å². The van der Waals surface area contributed by atoms with Crippen molar-refractivity contribution < 1.29 is 12.9 Å². The van der Waals surface area contributed by atoms with Gasteiger partial charge in [-0.25, -0.2) is 13.1 Å². The number of aromatic nitrogens is 2. The molecule has 0 spiro atoms. The Morgan fingerprint density at radius 1 is 1.28 bits per heavy atom. The molecule has 0 amide bonds. The van der Waals surface area contributed by atoms with Crippen LogP contribution in [0.1, 0.15) is 11.4 Å². The van der Waals surface area contributed by atoms with Crippen molar-refractivity contribution in [1.29, 1.82) is 0 Å². The summed E-state index contributed by atoms with van der Waals surface area (Å²) in [6, 6.07) is 6.34. The topological polar surface area (TPSA) is 111 Å². The van der Waals surface area contributed by atoms with Crippen molar-refractivity contribution >= 4 is 10.0 Å². The van der Waals surface area contributed by atoms with Crippen LogP contribution in [0.4, 0.5) is 0 Å². The highest BCUT2D eigenvalue weighted by atomic mass is 32.2. The molecule has 0 atom stereocenters. The molecule has 0 bridgehead atoms. The lowest BCUT2D eigenvalue weighted by Gasteiger charge is -2.05. The lowest BCUT2D eigenvalue weighted by Crippen LogP contribution is -2.23. The molecule has 0 aliphatic carbocycles. The zero-order valence-corrected chi connectivity index (χ0v) is 10.2. The summed E-state index contributed by atoms with van der Waals surface area (Å²) in [5.41, 5.74) is 6.31. The minimum atomic E-state index is -3.57. The number of rotatable bonds is 5. The summed E-state index contributed by atoms with van der Waals surface area (Å²) in [4.78, 5) is 3.89. The van der Waals surface area contributed by atoms with Crippen molar-refractivity contribution in [2.45, 2.75) is 18.0 Å². The van der Waals surface area contributed by atoms with Crippen LogP contribution in [0.3, 0.4) is 0 Å². The quantitative estimate of drug-likeness (QED) is 0.790. The van der Waals surface area contributed by atoms with Gasteiger partial charge < -0.3 is 10.3 Å². The van der Waals surface area contributed by atoms with Crippen LogP contribution in [0.5, 0.6) is 0 Å². The van der Waals surface area contributed by atoms with E-state index in [2.05, 4.69) is 19.4 Å². The molecule has 1 aromatic carbocycles. The van der Waals surface area contributed by atoms with E-state index in [1.165, 1.54) is 12.1 Å². The Balaban J connectivity index is 2.09. The van der Waals surface area contributed by atoms with E-state index in [1.54, 1.807) is 12.1 Å². The van der Waals surface area contributed by atoms with Crippen molar-refractivity contribution in [2.75, 3.05) is 0 Å². The van der Waals surface area contributed by atoms with Gasteiger partial charge in [-0.3, -0.25) is 0 Å². The van der Waals surface area contributed by atoms with Crippen molar-refractivity contribution in [3.63, 3.8) is 0 Å². The molecule has 2 rings (SSSR count). The number of benzene rings is 1. The summed E-state index contributed by atoms with van der Waals surface area (Å²) in [5.74, 6) is 0.275. The normalized spacial score (nSPS) is 11.6. The van der Waals surface area contributed by atoms with Crippen molar-refractivity contribution in [1.82, 2.24) is 14.9 Å². The Labute approximate surface area is 104 Å². The number of hydrogen-bond acceptors (Lipinski definition) is 6. The van der Waals surface area contributed by atoms with Gasteiger partial charge in [0.05, 0.1) is 11.4 Å². The van der Waals surface area contributed by atoms with Crippen LogP contribution in [0, 0.1) is 0 Å². The van der Waals surface area contributed by atoms with Gasteiger partial charge in [0.1, 0.15) is 0 Å². The van der Waals surface area contributed by atoms with Gasteiger partial charge in [-0.2, -0.15) is 4.98 Å². The van der Waals surface area contributed by atoms with Gasteiger partial charge in [-0.15, -0.1) is 0 Å². The average molecular weight is 268 g/mol. The van der Waals surface area contributed by atoms with E-state index in [0.29, 0.717) is 6.54 Å². The Hall–Kier alpha value is -1.77. The number of nitrogens with zero attached hydrogens (tertiary/aromatic N) is 2. The fourth-order valence-corrected chi connectivity index (χ4v) is 2.30. The van der Waals surface area contributed by atoms with E-state index >= 15 is 0 Å². The highest BCUT2D eigenvalue weighted by molar-refractivity contribution is 7.89. The maximum Gasteiger partial charge on any atom is 0.240 e. The number of sulfonamides is 1. The molecule has 0 fully saturated rings. The zero-order chi connectivity index (χ0) is 13.0. The Morgan fingerprint density at radius 3 is 2.56 bits per heavy atom. The monoisotopic (exact) mass is 268 g/mol. The first-order chi connectivity index (χ1) is 8.62. The summed E-state index contributed by atoms with van der Waals surface area (Å²) in [5, 5.41) is 3.51. The van der Waals surface area contributed by atoms with Gasteiger partial charge in [0.2, 0.25) is 16.4 Å². The Kier molecular flexibility index (Phi) is 3.70. The summed E-state index contributed by atoms with van der Waals surface area (Å²) in [7, 11) is -3.57. The van der Waals surface area contributed by atoms with Gasteiger partial charge in [0.25, 0.3) is 0 Å². The predicted molar refractivity (Wildman–Crippen MR) is 62.7 cm³/mol. The molecule has 7 nitrogen and oxygen atoms in total. The van der Waals surface area contributed by atoms with Crippen LogP contribution in [-0.2, 0) is 23.1 Å². The molecule has 0 radical (unpaired) electrons. The van der Waals surface area contributed by atoms with E-state index < -0.39 is 10.0 Å². The molecule has 0 saturated carbocycles. The Morgan fingerprint density at radius 2 is 2.00 bits per heavy atom. The molecule has 1 aromatic heterocycles.